The van der Waals surface area contributed by atoms with E-state index in [2.05, 4.69) is 15.9 Å². The summed E-state index contributed by atoms with van der Waals surface area (Å²) in [7, 11) is 0. The van der Waals surface area contributed by atoms with Gasteiger partial charge in [0.1, 0.15) is 0 Å². The minimum atomic E-state index is -2.65. The van der Waals surface area contributed by atoms with Crippen LogP contribution in [0.3, 0.4) is 0 Å². The predicted octanol–water partition coefficient (Wildman–Crippen LogP) is 3.08. The number of carboxylic acids is 1. The highest BCUT2D eigenvalue weighted by atomic mass is 79.9. The summed E-state index contributed by atoms with van der Waals surface area (Å²) >= 11 is 2.95. The van der Waals surface area contributed by atoms with Gasteiger partial charge in [0.25, 0.3) is 6.43 Å². The van der Waals surface area contributed by atoms with Gasteiger partial charge < -0.3 is 5.11 Å². The molecule has 0 aromatic heterocycles. The van der Waals surface area contributed by atoms with Crippen LogP contribution in [-0.2, 0) is 0 Å². The third-order valence-electron chi connectivity index (χ3n) is 1.47. The second-order valence-corrected chi connectivity index (χ2v) is 3.20. The molecule has 0 saturated carbocycles. The van der Waals surface area contributed by atoms with Gasteiger partial charge in [0.15, 0.2) is 0 Å². The Morgan fingerprint density at radius 3 is 2.54 bits per heavy atom. The molecule has 1 N–H and O–H groups in total. The average Bonchev–Trinajstić information content (AvgIpc) is 2.04. The van der Waals surface area contributed by atoms with Gasteiger partial charge >= 0.3 is 5.97 Å². The molecule has 70 valence electrons. The van der Waals surface area contributed by atoms with Crippen LogP contribution in [0.4, 0.5) is 8.78 Å². The molecule has 0 aliphatic carbocycles. The van der Waals surface area contributed by atoms with Crippen molar-refractivity contribution in [1.82, 2.24) is 0 Å². The number of hydrogen-bond acceptors (Lipinski definition) is 1. The fraction of sp³-hybridized carbons (Fsp3) is 0.125. The van der Waals surface area contributed by atoms with Gasteiger partial charge in [-0.1, -0.05) is 6.07 Å². The maximum atomic E-state index is 12.1. The Balaban J connectivity index is 3.19. The molecule has 0 bridgehead atoms. The van der Waals surface area contributed by atoms with Crippen molar-refractivity contribution in [3.8, 4) is 0 Å². The minimum Gasteiger partial charge on any atom is -0.478 e. The Morgan fingerprint density at radius 1 is 1.46 bits per heavy atom. The molecule has 0 saturated heterocycles. The fourth-order valence-electron chi connectivity index (χ4n) is 0.843. The largest absolute Gasteiger partial charge is 0.478 e. The van der Waals surface area contributed by atoms with Gasteiger partial charge in [-0.2, -0.15) is 0 Å². The summed E-state index contributed by atoms with van der Waals surface area (Å²) in [5.41, 5.74) is -0.446. The van der Waals surface area contributed by atoms with Gasteiger partial charge in [-0.15, -0.1) is 0 Å². The van der Waals surface area contributed by atoms with Crippen LogP contribution in [0.2, 0.25) is 0 Å². The van der Waals surface area contributed by atoms with Gasteiger partial charge in [-0.05, 0) is 28.1 Å². The Kier molecular flexibility index (Phi) is 2.98. The zero-order valence-corrected chi connectivity index (χ0v) is 7.88. The first-order valence-electron chi connectivity index (χ1n) is 3.33. The molecule has 2 nitrogen and oxygen atoms in total. The quantitative estimate of drug-likeness (QED) is 0.876. The lowest BCUT2D eigenvalue weighted by Crippen LogP contribution is -1.99. The maximum Gasteiger partial charge on any atom is 0.336 e. The highest BCUT2D eigenvalue weighted by Gasteiger charge is 2.13. The molecule has 0 radical (unpaired) electrons. The van der Waals surface area contributed by atoms with Gasteiger partial charge in [-0.25, -0.2) is 13.6 Å². The molecule has 1 aromatic carbocycles. The molecule has 0 amide bonds. The van der Waals surface area contributed by atoms with E-state index in [1.165, 1.54) is 12.1 Å². The molecular formula is C8H5BrF2O2. The van der Waals surface area contributed by atoms with Crippen molar-refractivity contribution in [2.24, 2.45) is 0 Å². The van der Waals surface area contributed by atoms with Gasteiger partial charge in [0.05, 0.1) is 5.56 Å². The molecule has 0 unspecified atom stereocenters. The summed E-state index contributed by atoms with van der Waals surface area (Å²) in [5, 5.41) is 8.60. The standard InChI is InChI=1S/C8H5BrF2O2/c9-6-2-1-4(7(10)11)3-5(6)8(12)13/h1-3,7H,(H,12,13). The minimum absolute atomic E-state index is 0.155. The molecule has 1 rings (SSSR count). The third-order valence-corrected chi connectivity index (χ3v) is 2.16. The first-order valence-corrected chi connectivity index (χ1v) is 4.12. The average molecular weight is 251 g/mol. The van der Waals surface area contributed by atoms with E-state index < -0.39 is 12.4 Å². The van der Waals surface area contributed by atoms with Crippen LogP contribution in [0.15, 0.2) is 22.7 Å². The Labute approximate surface area is 81.3 Å². The lowest BCUT2D eigenvalue weighted by molar-refractivity contribution is 0.0695. The molecule has 0 heterocycles. The molecule has 0 aliphatic rings. The van der Waals surface area contributed by atoms with Crippen LogP contribution in [0.5, 0.6) is 0 Å². The molecule has 0 atom stereocenters. The molecule has 0 fully saturated rings. The van der Waals surface area contributed by atoms with Crippen molar-refractivity contribution in [1.29, 1.82) is 0 Å². The van der Waals surface area contributed by atoms with Crippen molar-refractivity contribution < 1.29 is 18.7 Å². The number of benzene rings is 1. The van der Waals surface area contributed by atoms with Gasteiger partial charge in [-0.3, -0.25) is 0 Å². The molecule has 5 heteroatoms. The van der Waals surface area contributed by atoms with Crippen LogP contribution in [0, 0.1) is 0 Å². The number of halogens is 3. The van der Waals surface area contributed by atoms with E-state index in [0.717, 1.165) is 6.07 Å². The Morgan fingerprint density at radius 2 is 2.08 bits per heavy atom. The molecule has 1 aromatic rings. The lowest BCUT2D eigenvalue weighted by atomic mass is 10.1. The SMILES string of the molecule is O=C(O)c1cc(C(F)F)ccc1Br. The van der Waals surface area contributed by atoms with Crippen LogP contribution in [-0.4, -0.2) is 11.1 Å². The Hall–Kier alpha value is -0.970. The summed E-state index contributed by atoms with van der Waals surface area (Å²) in [6.45, 7) is 0. The molecule has 0 aliphatic heterocycles. The molecule has 13 heavy (non-hydrogen) atoms. The van der Waals surface area contributed by atoms with E-state index in [4.69, 9.17) is 5.11 Å². The van der Waals surface area contributed by atoms with Crippen LogP contribution in [0.25, 0.3) is 0 Å². The first kappa shape index (κ1) is 10.1. The maximum absolute atomic E-state index is 12.1. The van der Waals surface area contributed by atoms with Crippen LogP contribution < -0.4 is 0 Å². The van der Waals surface area contributed by atoms with Crippen molar-refractivity contribution in [3.63, 3.8) is 0 Å². The number of alkyl halides is 2. The van der Waals surface area contributed by atoms with E-state index in [1.807, 2.05) is 0 Å². The topological polar surface area (TPSA) is 37.3 Å². The summed E-state index contributed by atoms with van der Waals surface area (Å²) in [6.07, 6.45) is -2.65. The number of carboxylic acid groups (broad SMARTS) is 1. The highest BCUT2D eigenvalue weighted by molar-refractivity contribution is 9.10. The number of hydrogen-bond donors (Lipinski definition) is 1. The van der Waals surface area contributed by atoms with E-state index >= 15 is 0 Å². The summed E-state index contributed by atoms with van der Waals surface area (Å²) < 4.78 is 24.6. The van der Waals surface area contributed by atoms with Crippen LogP contribution in [0.1, 0.15) is 22.3 Å². The number of aromatic carboxylic acids is 1. The van der Waals surface area contributed by atoms with Crippen molar-refractivity contribution in [2.45, 2.75) is 6.43 Å². The lowest BCUT2D eigenvalue weighted by Gasteiger charge is -2.02. The number of carbonyl (C=O) groups is 1. The molecular weight excluding hydrogens is 246 g/mol. The predicted molar refractivity (Wildman–Crippen MR) is 46.1 cm³/mol. The fourth-order valence-corrected chi connectivity index (χ4v) is 1.26. The van der Waals surface area contributed by atoms with Crippen molar-refractivity contribution >= 4 is 21.9 Å². The second-order valence-electron chi connectivity index (χ2n) is 2.35. The van der Waals surface area contributed by atoms with Crippen molar-refractivity contribution in [3.05, 3.63) is 33.8 Å². The van der Waals surface area contributed by atoms with Crippen LogP contribution >= 0.6 is 15.9 Å². The monoisotopic (exact) mass is 250 g/mol. The third kappa shape index (κ3) is 2.24. The molecule has 0 spiro atoms. The van der Waals surface area contributed by atoms with Crippen molar-refractivity contribution in [2.75, 3.05) is 0 Å². The van der Waals surface area contributed by atoms with E-state index in [9.17, 15) is 13.6 Å². The van der Waals surface area contributed by atoms with E-state index in [-0.39, 0.29) is 11.1 Å². The normalized spacial score (nSPS) is 10.5. The Bertz CT molecular complexity index is 339. The van der Waals surface area contributed by atoms with Gasteiger partial charge in [0.2, 0.25) is 0 Å². The smallest absolute Gasteiger partial charge is 0.336 e. The summed E-state index contributed by atoms with van der Waals surface area (Å²) in [6, 6.07) is 3.43. The van der Waals surface area contributed by atoms with Gasteiger partial charge in [0, 0.05) is 10.0 Å². The summed E-state index contributed by atoms with van der Waals surface area (Å²) in [4.78, 5) is 10.5. The second kappa shape index (κ2) is 3.83. The number of rotatable bonds is 2. The zero-order valence-electron chi connectivity index (χ0n) is 6.30. The summed E-state index contributed by atoms with van der Waals surface area (Å²) in [5.74, 6) is -1.23. The van der Waals surface area contributed by atoms with E-state index in [0.29, 0.717) is 4.47 Å². The zero-order chi connectivity index (χ0) is 10.0. The first-order chi connectivity index (χ1) is 6.02. The van der Waals surface area contributed by atoms with E-state index in [1.54, 1.807) is 0 Å². The highest BCUT2D eigenvalue weighted by Crippen LogP contribution is 2.24.